The van der Waals surface area contributed by atoms with Gasteiger partial charge in [0.05, 0.1) is 11.4 Å². The van der Waals surface area contributed by atoms with Gasteiger partial charge in [-0.1, -0.05) is 12.1 Å². The second kappa shape index (κ2) is 8.64. The standard InChI is InChI=1S/C22H23N3O4S/c1-15-7-8-16(2)25(15)20-11-9-19(10-12-20)24-22(27)14-23-30(28,29)21-6-4-5-18(13-21)17(3)26/h4-13,23H,14H2,1-3H3,(H,24,27). The van der Waals surface area contributed by atoms with Gasteiger partial charge in [0.2, 0.25) is 15.9 Å². The fourth-order valence-electron chi connectivity index (χ4n) is 3.10. The minimum Gasteiger partial charge on any atom is -0.325 e. The molecule has 156 valence electrons. The van der Waals surface area contributed by atoms with E-state index in [9.17, 15) is 18.0 Å². The van der Waals surface area contributed by atoms with Gasteiger partial charge >= 0.3 is 0 Å². The number of carbonyl (C=O) groups is 2. The molecule has 30 heavy (non-hydrogen) atoms. The van der Waals surface area contributed by atoms with E-state index in [0.29, 0.717) is 5.69 Å². The van der Waals surface area contributed by atoms with Crippen LogP contribution in [0.3, 0.4) is 0 Å². The zero-order valence-electron chi connectivity index (χ0n) is 17.0. The number of rotatable bonds is 7. The summed E-state index contributed by atoms with van der Waals surface area (Å²) in [6.45, 7) is 4.96. The molecule has 0 saturated carbocycles. The molecule has 1 aromatic heterocycles. The van der Waals surface area contributed by atoms with Crippen molar-refractivity contribution in [3.05, 3.63) is 77.6 Å². The molecule has 0 aliphatic heterocycles. The summed E-state index contributed by atoms with van der Waals surface area (Å²) in [6.07, 6.45) is 0. The molecule has 0 bridgehead atoms. The third-order valence-corrected chi connectivity index (χ3v) is 6.05. The first-order chi connectivity index (χ1) is 14.2. The zero-order valence-corrected chi connectivity index (χ0v) is 17.8. The van der Waals surface area contributed by atoms with Crippen LogP contribution in [0.4, 0.5) is 5.69 Å². The van der Waals surface area contributed by atoms with Crippen LogP contribution in [0.5, 0.6) is 0 Å². The van der Waals surface area contributed by atoms with Crippen molar-refractivity contribution >= 4 is 27.4 Å². The Labute approximate surface area is 175 Å². The molecule has 0 unspecified atom stereocenters. The molecule has 7 nitrogen and oxygen atoms in total. The van der Waals surface area contributed by atoms with Crippen LogP contribution in [-0.4, -0.2) is 31.2 Å². The Balaban J connectivity index is 1.63. The van der Waals surface area contributed by atoms with Gasteiger partial charge in [0.15, 0.2) is 5.78 Å². The Morgan fingerprint density at radius 2 is 1.57 bits per heavy atom. The number of Topliss-reactive ketones (excluding diaryl/α,β-unsaturated/α-hetero) is 1. The Morgan fingerprint density at radius 3 is 2.17 bits per heavy atom. The summed E-state index contributed by atoms with van der Waals surface area (Å²) in [5.74, 6) is -0.735. The first kappa shape index (κ1) is 21.5. The van der Waals surface area contributed by atoms with E-state index in [1.807, 2.05) is 38.1 Å². The molecule has 0 aliphatic rings. The molecule has 0 spiro atoms. The average Bonchev–Trinajstić information content (AvgIpc) is 3.05. The van der Waals surface area contributed by atoms with Crippen molar-refractivity contribution < 1.29 is 18.0 Å². The SMILES string of the molecule is CC(=O)c1cccc(S(=O)(=O)NCC(=O)Nc2ccc(-n3c(C)ccc3C)cc2)c1. The Hall–Kier alpha value is -3.23. The maximum absolute atomic E-state index is 12.4. The highest BCUT2D eigenvalue weighted by molar-refractivity contribution is 7.89. The summed E-state index contributed by atoms with van der Waals surface area (Å²) in [4.78, 5) is 23.6. The molecular weight excluding hydrogens is 402 g/mol. The van der Waals surface area contributed by atoms with Crippen molar-refractivity contribution in [2.24, 2.45) is 0 Å². The summed E-state index contributed by atoms with van der Waals surface area (Å²) < 4.78 is 29.1. The number of amides is 1. The minimum absolute atomic E-state index is 0.0650. The highest BCUT2D eigenvalue weighted by Crippen LogP contribution is 2.18. The van der Waals surface area contributed by atoms with E-state index in [1.54, 1.807) is 12.1 Å². The van der Waals surface area contributed by atoms with E-state index in [-0.39, 0.29) is 16.2 Å². The van der Waals surface area contributed by atoms with Crippen LogP contribution in [0.25, 0.3) is 5.69 Å². The van der Waals surface area contributed by atoms with Gasteiger partial charge in [0, 0.05) is 28.3 Å². The van der Waals surface area contributed by atoms with Crippen LogP contribution in [0.1, 0.15) is 28.7 Å². The number of nitrogens with zero attached hydrogens (tertiary/aromatic N) is 1. The highest BCUT2D eigenvalue weighted by atomic mass is 32.2. The molecule has 0 radical (unpaired) electrons. The lowest BCUT2D eigenvalue weighted by Gasteiger charge is -2.11. The first-order valence-electron chi connectivity index (χ1n) is 9.33. The van der Waals surface area contributed by atoms with Crippen molar-refractivity contribution in [1.29, 1.82) is 0 Å². The van der Waals surface area contributed by atoms with Gasteiger partial charge in [-0.3, -0.25) is 9.59 Å². The van der Waals surface area contributed by atoms with E-state index in [4.69, 9.17) is 0 Å². The lowest BCUT2D eigenvalue weighted by Crippen LogP contribution is -2.33. The topological polar surface area (TPSA) is 97.3 Å². The second-order valence-corrected chi connectivity index (χ2v) is 8.72. The fraction of sp³-hybridized carbons (Fsp3) is 0.182. The molecule has 0 fully saturated rings. The predicted molar refractivity (Wildman–Crippen MR) is 116 cm³/mol. The summed E-state index contributed by atoms with van der Waals surface area (Å²) in [5.41, 5.74) is 4.03. The van der Waals surface area contributed by atoms with Crippen LogP contribution in [-0.2, 0) is 14.8 Å². The summed E-state index contributed by atoms with van der Waals surface area (Å²) >= 11 is 0. The van der Waals surface area contributed by atoms with E-state index in [0.717, 1.165) is 17.1 Å². The number of nitrogens with one attached hydrogen (secondary N) is 2. The number of hydrogen-bond acceptors (Lipinski definition) is 4. The van der Waals surface area contributed by atoms with E-state index < -0.39 is 22.5 Å². The number of hydrogen-bond donors (Lipinski definition) is 2. The number of aryl methyl sites for hydroxylation is 2. The Kier molecular flexibility index (Phi) is 6.19. The maximum atomic E-state index is 12.4. The second-order valence-electron chi connectivity index (χ2n) is 6.96. The van der Waals surface area contributed by atoms with Gasteiger partial charge in [0.1, 0.15) is 0 Å². The molecule has 2 aromatic carbocycles. The third kappa shape index (κ3) is 4.84. The van der Waals surface area contributed by atoms with Gasteiger partial charge in [-0.2, -0.15) is 0 Å². The summed E-state index contributed by atoms with van der Waals surface area (Å²) in [7, 11) is -3.92. The molecule has 2 N–H and O–H groups in total. The van der Waals surface area contributed by atoms with Crippen molar-refractivity contribution in [2.45, 2.75) is 25.7 Å². The monoisotopic (exact) mass is 425 g/mol. The molecule has 1 heterocycles. The van der Waals surface area contributed by atoms with E-state index in [2.05, 4.69) is 14.6 Å². The molecule has 8 heteroatoms. The third-order valence-electron chi connectivity index (χ3n) is 4.65. The molecular formula is C22H23N3O4S. The quantitative estimate of drug-likeness (QED) is 0.568. The van der Waals surface area contributed by atoms with Crippen molar-refractivity contribution in [3.8, 4) is 5.69 Å². The fourth-order valence-corrected chi connectivity index (χ4v) is 4.13. The van der Waals surface area contributed by atoms with Crippen LogP contribution < -0.4 is 10.0 Å². The lowest BCUT2D eigenvalue weighted by atomic mass is 10.2. The molecule has 0 aliphatic carbocycles. The van der Waals surface area contributed by atoms with E-state index in [1.165, 1.54) is 31.2 Å². The highest BCUT2D eigenvalue weighted by Gasteiger charge is 2.17. The predicted octanol–water partition coefficient (Wildman–Crippen LogP) is 3.21. The molecule has 3 rings (SSSR count). The van der Waals surface area contributed by atoms with Gasteiger partial charge in [0.25, 0.3) is 0 Å². The van der Waals surface area contributed by atoms with Gasteiger partial charge in [-0.25, -0.2) is 13.1 Å². The van der Waals surface area contributed by atoms with Crippen LogP contribution in [0, 0.1) is 13.8 Å². The van der Waals surface area contributed by atoms with Crippen molar-refractivity contribution in [2.75, 3.05) is 11.9 Å². The molecule has 0 atom stereocenters. The minimum atomic E-state index is -3.92. The van der Waals surface area contributed by atoms with Gasteiger partial charge in [-0.15, -0.1) is 0 Å². The van der Waals surface area contributed by atoms with Crippen LogP contribution >= 0.6 is 0 Å². The van der Waals surface area contributed by atoms with Crippen LogP contribution in [0.15, 0.2) is 65.6 Å². The number of sulfonamides is 1. The normalized spacial score (nSPS) is 11.3. The Bertz CT molecular complexity index is 1180. The zero-order chi connectivity index (χ0) is 21.9. The molecule has 3 aromatic rings. The number of carbonyl (C=O) groups excluding carboxylic acids is 2. The smallest absolute Gasteiger partial charge is 0.241 e. The number of ketones is 1. The number of anilines is 1. The number of aromatic nitrogens is 1. The average molecular weight is 426 g/mol. The Morgan fingerprint density at radius 1 is 0.933 bits per heavy atom. The van der Waals surface area contributed by atoms with Crippen molar-refractivity contribution in [1.82, 2.24) is 9.29 Å². The van der Waals surface area contributed by atoms with E-state index >= 15 is 0 Å². The van der Waals surface area contributed by atoms with Gasteiger partial charge in [-0.05, 0) is 69.3 Å². The first-order valence-corrected chi connectivity index (χ1v) is 10.8. The summed E-state index contributed by atoms with van der Waals surface area (Å²) in [5, 5.41) is 2.67. The largest absolute Gasteiger partial charge is 0.325 e. The molecule has 1 amide bonds. The van der Waals surface area contributed by atoms with Crippen molar-refractivity contribution in [3.63, 3.8) is 0 Å². The number of benzene rings is 2. The molecule has 0 saturated heterocycles. The summed E-state index contributed by atoms with van der Waals surface area (Å²) in [6, 6.07) is 17.0. The van der Waals surface area contributed by atoms with Gasteiger partial charge < -0.3 is 9.88 Å². The lowest BCUT2D eigenvalue weighted by molar-refractivity contribution is -0.115. The maximum Gasteiger partial charge on any atom is 0.241 e. The van der Waals surface area contributed by atoms with Crippen LogP contribution in [0.2, 0.25) is 0 Å².